The molecule has 98 valence electrons. The van der Waals surface area contributed by atoms with Crippen molar-refractivity contribution < 1.29 is 4.79 Å². The van der Waals surface area contributed by atoms with Crippen molar-refractivity contribution in [2.45, 2.75) is 71.9 Å². The summed E-state index contributed by atoms with van der Waals surface area (Å²) in [7, 11) is 0. The number of rotatable bonds is 1. The van der Waals surface area contributed by atoms with Gasteiger partial charge in [-0.3, -0.25) is 9.80 Å². The second-order valence-corrected chi connectivity index (χ2v) is 7.66. The van der Waals surface area contributed by atoms with Crippen LogP contribution in [0.2, 0.25) is 0 Å². The van der Waals surface area contributed by atoms with Gasteiger partial charge in [0.05, 0.1) is 11.5 Å². The highest BCUT2D eigenvalue weighted by atomic mass is 16.2. The predicted octanol–water partition coefficient (Wildman–Crippen LogP) is 2.72. The number of nitrogens with one attached hydrogen (secondary N) is 1. The van der Waals surface area contributed by atoms with E-state index in [-0.39, 0.29) is 28.3 Å². The summed E-state index contributed by atoms with van der Waals surface area (Å²) < 4.78 is 0. The predicted molar refractivity (Wildman–Crippen MR) is 69.3 cm³/mol. The van der Waals surface area contributed by atoms with Gasteiger partial charge in [0, 0.05) is 5.54 Å². The summed E-state index contributed by atoms with van der Waals surface area (Å²) in [6, 6.07) is 0. The molecule has 1 saturated carbocycles. The first kappa shape index (κ1) is 12.9. The molecule has 1 aliphatic heterocycles. The van der Waals surface area contributed by atoms with E-state index in [2.05, 4.69) is 47.0 Å². The molecule has 1 unspecified atom stereocenters. The van der Waals surface area contributed by atoms with Crippen LogP contribution >= 0.6 is 0 Å². The summed E-state index contributed by atoms with van der Waals surface area (Å²) in [5.41, 5.74) is 3.37. The molecule has 3 nitrogen and oxygen atoms in total. The summed E-state index contributed by atoms with van der Waals surface area (Å²) in [4.78, 5) is 12.7. The van der Waals surface area contributed by atoms with Gasteiger partial charge in [0.2, 0.25) is 5.91 Å². The van der Waals surface area contributed by atoms with E-state index in [9.17, 15) is 4.79 Å². The van der Waals surface area contributed by atoms with Crippen molar-refractivity contribution in [2.24, 2.45) is 11.3 Å². The van der Waals surface area contributed by atoms with E-state index in [1.807, 2.05) is 5.01 Å². The summed E-state index contributed by atoms with van der Waals surface area (Å²) in [5, 5.41) is 1.94. The van der Waals surface area contributed by atoms with Crippen LogP contribution in [-0.4, -0.2) is 22.0 Å². The summed E-state index contributed by atoms with van der Waals surface area (Å²) >= 11 is 0. The zero-order chi connectivity index (χ0) is 13.1. The molecule has 2 aliphatic rings. The number of carbonyl (C=O) groups is 1. The zero-order valence-corrected chi connectivity index (χ0v) is 12.1. The molecule has 1 atom stereocenters. The van der Waals surface area contributed by atoms with Gasteiger partial charge in [-0.25, -0.2) is 5.43 Å². The molecule has 0 aromatic heterocycles. The Labute approximate surface area is 105 Å². The van der Waals surface area contributed by atoms with Crippen molar-refractivity contribution >= 4 is 5.91 Å². The SMILES string of the molecule is CC(C)(C)C1C(=O)N(C2(C)CCC2)NC1(C)C. The Morgan fingerprint density at radius 2 is 1.76 bits per heavy atom. The average molecular weight is 238 g/mol. The fourth-order valence-electron chi connectivity index (χ4n) is 3.61. The minimum absolute atomic E-state index is 0.00242. The molecule has 0 bridgehead atoms. The van der Waals surface area contributed by atoms with Crippen molar-refractivity contribution in [2.75, 3.05) is 0 Å². The van der Waals surface area contributed by atoms with Crippen LogP contribution in [-0.2, 0) is 4.79 Å². The molecule has 0 aromatic carbocycles. The molecule has 17 heavy (non-hydrogen) atoms. The van der Waals surface area contributed by atoms with E-state index in [0.717, 1.165) is 12.8 Å². The fourth-order valence-corrected chi connectivity index (χ4v) is 3.61. The highest BCUT2D eigenvalue weighted by Gasteiger charge is 2.56. The number of nitrogens with zero attached hydrogens (tertiary/aromatic N) is 1. The fraction of sp³-hybridized carbons (Fsp3) is 0.929. The van der Waals surface area contributed by atoms with Crippen LogP contribution in [0.4, 0.5) is 0 Å². The largest absolute Gasteiger partial charge is 0.273 e. The molecule has 0 spiro atoms. The lowest BCUT2D eigenvalue weighted by Gasteiger charge is -2.46. The number of hydrogen-bond donors (Lipinski definition) is 1. The lowest BCUT2D eigenvalue weighted by molar-refractivity contribution is -0.144. The molecule has 1 aliphatic carbocycles. The normalized spacial score (nSPS) is 31.5. The quantitative estimate of drug-likeness (QED) is 0.762. The molecule has 1 amide bonds. The highest BCUT2D eigenvalue weighted by molar-refractivity contribution is 5.83. The van der Waals surface area contributed by atoms with Crippen LogP contribution in [0.3, 0.4) is 0 Å². The molecule has 3 heteroatoms. The Bertz CT molecular complexity index is 337. The molecular weight excluding hydrogens is 212 g/mol. The van der Waals surface area contributed by atoms with Crippen LogP contribution in [0, 0.1) is 11.3 Å². The maximum Gasteiger partial charge on any atom is 0.242 e. The minimum Gasteiger partial charge on any atom is -0.273 e. The van der Waals surface area contributed by atoms with E-state index in [0.29, 0.717) is 0 Å². The third-order valence-corrected chi connectivity index (χ3v) is 4.43. The van der Waals surface area contributed by atoms with E-state index in [1.165, 1.54) is 6.42 Å². The number of hydrazine groups is 1. The van der Waals surface area contributed by atoms with Gasteiger partial charge >= 0.3 is 0 Å². The topological polar surface area (TPSA) is 32.3 Å². The van der Waals surface area contributed by atoms with Gasteiger partial charge in [0.25, 0.3) is 0 Å². The first-order valence-electron chi connectivity index (χ1n) is 6.70. The Morgan fingerprint density at radius 1 is 1.24 bits per heavy atom. The Balaban J connectivity index is 2.29. The summed E-state index contributed by atoms with van der Waals surface area (Å²) in [5.74, 6) is 0.331. The molecule has 1 N–H and O–H groups in total. The second kappa shape index (κ2) is 3.47. The zero-order valence-electron chi connectivity index (χ0n) is 12.1. The van der Waals surface area contributed by atoms with E-state index in [4.69, 9.17) is 0 Å². The first-order valence-corrected chi connectivity index (χ1v) is 6.70. The lowest BCUT2D eigenvalue weighted by atomic mass is 9.70. The van der Waals surface area contributed by atoms with Crippen molar-refractivity contribution in [1.29, 1.82) is 0 Å². The van der Waals surface area contributed by atoms with Crippen LogP contribution in [0.25, 0.3) is 0 Å². The van der Waals surface area contributed by atoms with Gasteiger partial charge in [-0.15, -0.1) is 0 Å². The maximum absolute atomic E-state index is 12.7. The van der Waals surface area contributed by atoms with Crippen LogP contribution in [0.15, 0.2) is 0 Å². The van der Waals surface area contributed by atoms with Crippen molar-refractivity contribution in [3.8, 4) is 0 Å². The third kappa shape index (κ3) is 1.88. The molecule has 0 radical (unpaired) electrons. The van der Waals surface area contributed by atoms with Gasteiger partial charge < -0.3 is 0 Å². The molecule has 2 fully saturated rings. The van der Waals surface area contributed by atoms with Crippen molar-refractivity contribution in [3.63, 3.8) is 0 Å². The minimum atomic E-state index is -0.145. The average Bonchev–Trinajstić information content (AvgIpc) is 2.31. The van der Waals surface area contributed by atoms with E-state index < -0.39 is 0 Å². The summed E-state index contributed by atoms with van der Waals surface area (Å²) in [6.07, 6.45) is 3.49. The van der Waals surface area contributed by atoms with Gasteiger partial charge in [0.15, 0.2) is 0 Å². The lowest BCUT2D eigenvalue weighted by Crippen LogP contribution is -2.58. The maximum atomic E-state index is 12.7. The van der Waals surface area contributed by atoms with Gasteiger partial charge in [-0.1, -0.05) is 20.8 Å². The highest BCUT2D eigenvalue weighted by Crippen LogP contribution is 2.46. The number of amides is 1. The molecule has 0 aromatic rings. The third-order valence-electron chi connectivity index (χ3n) is 4.43. The summed E-state index contributed by atoms with van der Waals surface area (Å²) in [6.45, 7) is 13.0. The smallest absolute Gasteiger partial charge is 0.242 e. The van der Waals surface area contributed by atoms with Crippen LogP contribution < -0.4 is 5.43 Å². The Kier molecular flexibility index (Phi) is 2.63. The van der Waals surface area contributed by atoms with Crippen molar-refractivity contribution in [3.05, 3.63) is 0 Å². The number of hydrogen-bond acceptors (Lipinski definition) is 2. The molecule has 1 heterocycles. The standard InChI is InChI=1S/C14H26N2O/c1-12(2,3)10-11(17)16(15-13(10,4)5)14(6)8-7-9-14/h10,15H,7-9H2,1-6H3. The van der Waals surface area contributed by atoms with Crippen LogP contribution in [0.5, 0.6) is 0 Å². The Morgan fingerprint density at radius 3 is 2.06 bits per heavy atom. The van der Waals surface area contributed by atoms with E-state index >= 15 is 0 Å². The Hall–Kier alpha value is -0.570. The van der Waals surface area contributed by atoms with Gasteiger partial charge in [0.1, 0.15) is 0 Å². The van der Waals surface area contributed by atoms with E-state index in [1.54, 1.807) is 0 Å². The monoisotopic (exact) mass is 238 g/mol. The first-order chi connectivity index (χ1) is 7.58. The van der Waals surface area contributed by atoms with Gasteiger partial charge in [-0.05, 0) is 45.4 Å². The van der Waals surface area contributed by atoms with Gasteiger partial charge in [-0.2, -0.15) is 0 Å². The van der Waals surface area contributed by atoms with Crippen LogP contribution in [0.1, 0.15) is 60.8 Å². The molecule has 2 rings (SSSR count). The second-order valence-electron chi connectivity index (χ2n) is 7.66. The molecule has 1 saturated heterocycles. The number of carbonyl (C=O) groups excluding carboxylic acids is 1. The molecular formula is C14H26N2O. The van der Waals surface area contributed by atoms with Crippen molar-refractivity contribution in [1.82, 2.24) is 10.4 Å².